The molecule has 3 aromatic rings. The molecular formula is C22H24ClN3OS. The highest BCUT2D eigenvalue weighted by molar-refractivity contribution is 7.98. The number of hydrogen-bond acceptors (Lipinski definition) is 5. The summed E-state index contributed by atoms with van der Waals surface area (Å²) in [6, 6.07) is 16.8. The molecule has 1 aromatic heterocycles. The van der Waals surface area contributed by atoms with Crippen molar-refractivity contribution in [2.24, 2.45) is 0 Å². The van der Waals surface area contributed by atoms with E-state index in [0.717, 1.165) is 54.9 Å². The molecule has 0 amide bonds. The third-order valence-electron chi connectivity index (χ3n) is 5.25. The number of rotatable bonds is 5. The molecule has 1 fully saturated rings. The second-order valence-corrected chi connectivity index (χ2v) is 8.20. The van der Waals surface area contributed by atoms with Gasteiger partial charge in [-0.05, 0) is 48.7 Å². The van der Waals surface area contributed by atoms with Gasteiger partial charge in [-0.3, -0.25) is 4.90 Å². The quantitative estimate of drug-likeness (QED) is 0.436. The van der Waals surface area contributed by atoms with Crippen molar-refractivity contribution in [2.75, 3.05) is 44.4 Å². The van der Waals surface area contributed by atoms with Crippen LogP contribution < -0.4 is 9.64 Å². The van der Waals surface area contributed by atoms with Gasteiger partial charge in [-0.25, -0.2) is 4.98 Å². The molecule has 2 aromatic carbocycles. The number of anilines is 1. The first-order chi connectivity index (χ1) is 13.7. The second-order valence-electron chi connectivity index (χ2n) is 6.96. The van der Waals surface area contributed by atoms with Gasteiger partial charge in [0.2, 0.25) is 0 Å². The molecule has 0 bridgehead atoms. The maximum atomic E-state index is 6.50. The zero-order valence-electron chi connectivity index (χ0n) is 16.2. The van der Waals surface area contributed by atoms with Crippen molar-refractivity contribution < 1.29 is 4.74 Å². The molecule has 2 heterocycles. The van der Waals surface area contributed by atoms with Crippen molar-refractivity contribution >= 4 is 40.0 Å². The number of nitrogens with zero attached hydrogens (tertiary/aromatic N) is 3. The maximum absolute atomic E-state index is 6.50. The van der Waals surface area contributed by atoms with Crippen LogP contribution in [-0.2, 0) is 6.54 Å². The lowest BCUT2D eigenvalue weighted by Gasteiger charge is -2.36. The Labute approximate surface area is 175 Å². The lowest BCUT2D eigenvalue weighted by molar-refractivity contribution is 0.250. The Balaban J connectivity index is 1.42. The largest absolute Gasteiger partial charge is 0.497 e. The number of pyridine rings is 1. The second kappa shape index (κ2) is 8.60. The molecule has 28 heavy (non-hydrogen) atoms. The summed E-state index contributed by atoms with van der Waals surface area (Å²) in [6.45, 7) is 4.85. The number of ether oxygens (including phenoxy) is 1. The van der Waals surface area contributed by atoms with Crippen LogP contribution in [0.5, 0.6) is 5.75 Å². The molecule has 0 radical (unpaired) electrons. The van der Waals surface area contributed by atoms with E-state index in [1.165, 1.54) is 10.6 Å². The molecule has 0 spiro atoms. The van der Waals surface area contributed by atoms with E-state index in [2.05, 4.69) is 57.4 Å². The minimum absolute atomic E-state index is 0.614. The van der Waals surface area contributed by atoms with Crippen LogP contribution in [0.4, 0.5) is 5.69 Å². The lowest BCUT2D eigenvalue weighted by Crippen LogP contribution is -2.46. The molecule has 0 N–H and O–H groups in total. The highest BCUT2D eigenvalue weighted by atomic mass is 35.5. The van der Waals surface area contributed by atoms with Crippen LogP contribution in [0.15, 0.2) is 53.4 Å². The predicted molar refractivity (Wildman–Crippen MR) is 119 cm³/mol. The number of thioether (sulfide) groups is 1. The molecule has 4 nitrogen and oxygen atoms in total. The number of fused-ring (bicyclic) bond motifs is 1. The Bertz CT molecular complexity index is 956. The zero-order valence-corrected chi connectivity index (χ0v) is 17.8. The number of halogens is 1. The third kappa shape index (κ3) is 4.22. The molecule has 6 heteroatoms. The van der Waals surface area contributed by atoms with E-state index in [0.29, 0.717) is 5.15 Å². The Morgan fingerprint density at radius 3 is 2.46 bits per heavy atom. The molecule has 146 valence electrons. The van der Waals surface area contributed by atoms with Gasteiger partial charge >= 0.3 is 0 Å². The van der Waals surface area contributed by atoms with Gasteiger partial charge in [-0.2, -0.15) is 0 Å². The molecular weight excluding hydrogens is 390 g/mol. The smallest absolute Gasteiger partial charge is 0.134 e. The van der Waals surface area contributed by atoms with Gasteiger partial charge in [-0.15, -0.1) is 11.8 Å². The summed E-state index contributed by atoms with van der Waals surface area (Å²) in [6.07, 6.45) is 2.07. The van der Waals surface area contributed by atoms with Crippen LogP contribution in [0.3, 0.4) is 0 Å². The summed E-state index contributed by atoms with van der Waals surface area (Å²) < 4.78 is 5.25. The Hall–Kier alpha value is -1.95. The van der Waals surface area contributed by atoms with Crippen molar-refractivity contribution in [1.29, 1.82) is 0 Å². The van der Waals surface area contributed by atoms with E-state index in [1.807, 2.05) is 12.1 Å². The number of hydrogen-bond donors (Lipinski definition) is 0. The van der Waals surface area contributed by atoms with Crippen LogP contribution in [0, 0.1) is 0 Å². The van der Waals surface area contributed by atoms with Crippen LogP contribution in [-0.4, -0.2) is 49.4 Å². The average molecular weight is 414 g/mol. The highest BCUT2D eigenvalue weighted by Crippen LogP contribution is 2.26. The molecule has 4 rings (SSSR count). The van der Waals surface area contributed by atoms with Crippen LogP contribution in [0.1, 0.15) is 5.56 Å². The lowest BCUT2D eigenvalue weighted by atomic mass is 10.1. The fourth-order valence-electron chi connectivity index (χ4n) is 3.60. The van der Waals surface area contributed by atoms with Crippen molar-refractivity contribution in [2.45, 2.75) is 11.4 Å². The third-order valence-corrected chi connectivity index (χ3v) is 6.31. The van der Waals surface area contributed by atoms with Gasteiger partial charge in [0.05, 0.1) is 12.6 Å². The van der Waals surface area contributed by atoms with Crippen molar-refractivity contribution in [3.8, 4) is 5.75 Å². The monoisotopic (exact) mass is 413 g/mol. The Morgan fingerprint density at radius 2 is 1.79 bits per heavy atom. The van der Waals surface area contributed by atoms with E-state index in [1.54, 1.807) is 18.9 Å². The van der Waals surface area contributed by atoms with Crippen LogP contribution >= 0.6 is 23.4 Å². The van der Waals surface area contributed by atoms with Gasteiger partial charge in [0, 0.05) is 54.3 Å². The van der Waals surface area contributed by atoms with Gasteiger partial charge in [0.25, 0.3) is 0 Å². The van der Waals surface area contributed by atoms with Crippen molar-refractivity contribution in [3.63, 3.8) is 0 Å². The molecule has 1 aliphatic rings. The van der Waals surface area contributed by atoms with E-state index < -0.39 is 0 Å². The summed E-state index contributed by atoms with van der Waals surface area (Å²) in [7, 11) is 1.70. The zero-order chi connectivity index (χ0) is 19.5. The predicted octanol–water partition coefficient (Wildman–Crippen LogP) is 4.94. The molecule has 1 aliphatic heterocycles. The number of piperazine rings is 1. The molecule has 0 saturated carbocycles. The Morgan fingerprint density at radius 1 is 1.04 bits per heavy atom. The first-order valence-corrected chi connectivity index (χ1v) is 11.0. The van der Waals surface area contributed by atoms with E-state index >= 15 is 0 Å². The molecule has 1 saturated heterocycles. The van der Waals surface area contributed by atoms with Crippen molar-refractivity contribution in [3.05, 3.63) is 59.2 Å². The maximum Gasteiger partial charge on any atom is 0.134 e. The van der Waals surface area contributed by atoms with E-state index in [4.69, 9.17) is 16.3 Å². The first kappa shape index (κ1) is 19.4. The first-order valence-electron chi connectivity index (χ1n) is 9.41. The molecule has 0 aliphatic carbocycles. The summed E-state index contributed by atoms with van der Waals surface area (Å²) in [4.78, 5) is 10.7. The average Bonchev–Trinajstić information content (AvgIpc) is 2.74. The van der Waals surface area contributed by atoms with Gasteiger partial charge in [-0.1, -0.05) is 17.7 Å². The van der Waals surface area contributed by atoms with E-state index in [9.17, 15) is 0 Å². The minimum Gasteiger partial charge on any atom is -0.497 e. The summed E-state index contributed by atoms with van der Waals surface area (Å²) >= 11 is 8.22. The number of benzene rings is 2. The van der Waals surface area contributed by atoms with Gasteiger partial charge in [0.15, 0.2) is 0 Å². The SMILES string of the molecule is COc1ccc(N2CCN(Cc3cc4ccc(SC)cc4nc3Cl)CC2)cc1. The van der Waals surface area contributed by atoms with Crippen LogP contribution in [0.2, 0.25) is 5.15 Å². The standard InChI is InChI=1S/C22H24ClN3OS/c1-27-19-6-4-18(5-7-19)26-11-9-25(10-12-26)15-17-13-16-3-8-20(28-2)14-21(16)24-22(17)23/h3-8,13-14H,9-12,15H2,1-2H3. The fraction of sp³-hybridized carbons (Fsp3) is 0.318. The van der Waals surface area contributed by atoms with Gasteiger partial charge < -0.3 is 9.64 Å². The minimum atomic E-state index is 0.614. The topological polar surface area (TPSA) is 28.6 Å². The Kier molecular flexibility index (Phi) is 5.95. The summed E-state index contributed by atoms with van der Waals surface area (Å²) in [5.41, 5.74) is 3.31. The molecule has 0 atom stereocenters. The number of aromatic nitrogens is 1. The molecule has 0 unspecified atom stereocenters. The van der Waals surface area contributed by atoms with Crippen molar-refractivity contribution in [1.82, 2.24) is 9.88 Å². The van der Waals surface area contributed by atoms with Crippen LogP contribution in [0.25, 0.3) is 10.9 Å². The van der Waals surface area contributed by atoms with Gasteiger partial charge in [0.1, 0.15) is 10.9 Å². The van der Waals surface area contributed by atoms with E-state index in [-0.39, 0.29) is 0 Å². The summed E-state index contributed by atoms with van der Waals surface area (Å²) in [5, 5.41) is 1.76. The highest BCUT2D eigenvalue weighted by Gasteiger charge is 2.19. The summed E-state index contributed by atoms with van der Waals surface area (Å²) in [5.74, 6) is 0.894. The fourth-order valence-corrected chi connectivity index (χ4v) is 4.24. The normalized spacial score (nSPS) is 15.2. The number of methoxy groups -OCH3 is 1.